The first-order chi connectivity index (χ1) is 15.0. The average molecular weight is 418 g/mol. The quantitative estimate of drug-likeness (QED) is 0.604. The largest absolute Gasteiger partial charge is 0.496 e. The van der Waals surface area contributed by atoms with E-state index >= 15 is 0 Å². The Morgan fingerprint density at radius 2 is 2.03 bits per heavy atom. The van der Waals surface area contributed by atoms with Crippen molar-refractivity contribution in [2.75, 3.05) is 24.3 Å². The highest BCUT2D eigenvalue weighted by Gasteiger charge is 2.42. The summed E-state index contributed by atoms with van der Waals surface area (Å²) in [6.45, 7) is 0.506. The molecule has 0 saturated carbocycles. The highest BCUT2D eigenvalue weighted by molar-refractivity contribution is 6.05. The van der Waals surface area contributed by atoms with Crippen molar-refractivity contribution >= 4 is 34.3 Å². The van der Waals surface area contributed by atoms with Crippen LogP contribution in [0, 0.1) is 0 Å². The summed E-state index contributed by atoms with van der Waals surface area (Å²) in [5.74, 6) is 0.905. The van der Waals surface area contributed by atoms with Gasteiger partial charge in [-0.3, -0.25) is 10.1 Å². The number of amides is 3. The standard InChI is InChI=1S/C23H22N4O4/c1-31-19-12-20(24-16-7-3-2-5-14(16)19)26-23(30)25-17-8-4-6-15-21(17)18-11-13(28)9-10-27(18)22(15)29/h2-8,12-13,18,28H,9-11H2,1H3,(H2,24,25,26,30)/t13-,18+/m1/s1. The number of piperidine rings is 1. The van der Waals surface area contributed by atoms with E-state index in [4.69, 9.17) is 4.74 Å². The van der Waals surface area contributed by atoms with Crippen molar-refractivity contribution in [3.63, 3.8) is 0 Å². The minimum atomic E-state index is -0.472. The van der Waals surface area contributed by atoms with Crippen LogP contribution in [-0.2, 0) is 0 Å². The van der Waals surface area contributed by atoms with Crippen LogP contribution in [0.4, 0.5) is 16.3 Å². The smallest absolute Gasteiger partial charge is 0.324 e. The molecule has 0 spiro atoms. The lowest BCUT2D eigenvalue weighted by Crippen LogP contribution is -2.37. The molecule has 0 radical (unpaired) electrons. The summed E-state index contributed by atoms with van der Waals surface area (Å²) in [6, 6.07) is 13.8. The zero-order valence-corrected chi connectivity index (χ0v) is 17.0. The lowest BCUT2D eigenvalue weighted by Gasteiger charge is -2.33. The second-order valence-corrected chi connectivity index (χ2v) is 7.77. The summed E-state index contributed by atoms with van der Waals surface area (Å²) in [5.41, 5.74) is 2.58. The van der Waals surface area contributed by atoms with Gasteiger partial charge < -0.3 is 20.1 Å². The van der Waals surface area contributed by atoms with E-state index < -0.39 is 12.1 Å². The molecule has 3 aromatic rings. The molecule has 8 nitrogen and oxygen atoms in total. The number of nitrogens with one attached hydrogen (secondary N) is 2. The zero-order chi connectivity index (χ0) is 21.5. The van der Waals surface area contributed by atoms with Gasteiger partial charge in [0.2, 0.25) is 0 Å². The van der Waals surface area contributed by atoms with Gasteiger partial charge in [0, 0.05) is 34.8 Å². The molecule has 2 atom stereocenters. The lowest BCUT2D eigenvalue weighted by molar-refractivity contribution is 0.0391. The van der Waals surface area contributed by atoms with Crippen LogP contribution in [0.3, 0.4) is 0 Å². The third-order valence-corrected chi connectivity index (χ3v) is 5.89. The second kappa shape index (κ2) is 7.55. The fourth-order valence-corrected chi connectivity index (χ4v) is 4.48. The van der Waals surface area contributed by atoms with Gasteiger partial charge in [0.25, 0.3) is 5.91 Å². The average Bonchev–Trinajstić information content (AvgIpc) is 3.05. The highest BCUT2D eigenvalue weighted by Crippen LogP contribution is 2.43. The third kappa shape index (κ3) is 3.34. The number of carbonyl (C=O) groups excluding carboxylic acids is 2. The van der Waals surface area contributed by atoms with Gasteiger partial charge in [0.15, 0.2) is 0 Å². The second-order valence-electron chi connectivity index (χ2n) is 7.77. The van der Waals surface area contributed by atoms with Gasteiger partial charge in [-0.1, -0.05) is 18.2 Å². The molecule has 31 heavy (non-hydrogen) atoms. The molecule has 158 valence electrons. The van der Waals surface area contributed by atoms with Crippen LogP contribution in [0.15, 0.2) is 48.5 Å². The number of hydrogen-bond acceptors (Lipinski definition) is 5. The van der Waals surface area contributed by atoms with Crippen molar-refractivity contribution in [3.05, 3.63) is 59.7 Å². The van der Waals surface area contributed by atoms with Crippen LogP contribution in [0.1, 0.15) is 34.8 Å². The van der Waals surface area contributed by atoms with E-state index in [2.05, 4.69) is 15.6 Å². The Bertz CT molecular complexity index is 1200. The number of hydrogen-bond donors (Lipinski definition) is 3. The topological polar surface area (TPSA) is 104 Å². The van der Waals surface area contributed by atoms with Crippen molar-refractivity contribution in [1.82, 2.24) is 9.88 Å². The lowest BCUT2D eigenvalue weighted by atomic mass is 9.94. The van der Waals surface area contributed by atoms with Crippen molar-refractivity contribution in [1.29, 1.82) is 0 Å². The Hall–Kier alpha value is -3.65. The number of aromatic nitrogens is 1. The molecule has 0 unspecified atom stereocenters. The van der Waals surface area contributed by atoms with Crippen LogP contribution in [0.25, 0.3) is 10.9 Å². The van der Waals surface area contributed by atoms with Crippen molar-refractivity contribution in [2.24, 2.45) is 0 Å². The minimum absolute atomic E-state index is 0.0584. The fraction of sp³-hybridized carbons (Fsp3) is 0.261. The Labute approximate surface area is 178 Å². The molecule has 3 amide bonds. The Morgan fingerprint density at radius 1 is 1.19 bits per heavy atom. The molecule has 1 saturated heterocycles. The zero-order valence-electron chi connectivity index (χ0n) is 17.0. The van der Waals surface area contributed by atoms with Gasteiger partial charge in [-0.25, -0.2) is 9.78 Å². The third-order valence-electron chi connectivity index (χ3n) is 5.89. The number of aliphatic hydroxyl groups is 1. The van der Waals surface area contributed by atoms with Crippen LogP contribution in [-0.4, -0.2) is 46.7 Å². The van der Waals surface area contributed by atoms with E-state index in [1.807, 2.05) is 24.3 Å². The molecule has 2 aliphatic heterocycles. The maximum absolute atomic E-state index is 12.8. The number of rotatable bonds is 3. The predicted molar refractivity (Wildman–Crippen MR) is 116 cm³/mol. The Morgan fingerprint density at radius 3 is 2.87 bits per heavy atom. The van der Waals surface area contributed by atoms with Crippen molar-refractivity contribution in [3.8, 4) is 5.75 Å². The van der Waals surface area contributed by atoms with E-state index in [-0.39, 0.29) is 11.9 Å². The first kappa shape index (κ1) is 19.3. The molecule has 3 heterocycles. The Kier molecular flexibility index (Phi) is 4.71. The number of para-hydroxylation sites is 1. The first-order valence-electron chi connectivity index (χ1n) is 10.2. The number of urea groups is 1. The minimum Gasteiger partial charge on any atom is -0.496 e. The number of carbonyl (C=O) groups is 2. The molecule has 0 aliphatic carbocycles. The van der Waals surface area contributed by atoms with E-state index in [1.165, 1.54) is 0 Å². The number of aliphatic hydroxyl groups excluding tert-OH is 1. The molecular formula is C23H22N4O4. The molecule has 8 heteroatoms. The number of benzene rings is 2. The van der Waals surface area contributed by atoms with Gasteiger partial charge in [-0.05, 0) is 37.1 Å². The van der Waals surface area contributed by atoms with E-state index in [0.29, 0.717) is 47.7 Å². The summed E-state index contributed by atoms with van der Waals surface area (Å²) in [4.78, 5) is 31.8. The fourth-order valence-electron chi connectivity index (χ4n) is 4.48. The van der Waals surface area contributed by atoms with Crippen LogP contribution in [0.2, 0.25) is 0 Å². The summed E-state index contributed by atoms with van der Waals surface area (Å²) < 4.78 is 5.43. The van der Waals surface area contributed by atoms with Crippen LogP contribution < -0.4 is 15.4 Å². The van der Waals surface area contributed by atoms with Gasteiger partial charge >= 0.3 is 6.03 Å². The van der Waals surface area contributed by atoms with Gasteiger partial charge in [-0.2, -0.15) is 0 Å². The predicted octanol–water partition coefficient (Wildman–Crippen LogP) is 3.54. The van der Waals surface area contributed by atoms with Crippen molar-refractivity contribution < 1.29 is 19.4 Å². The SMILES string of the molecule is COc1cc(NC(=O)Nc2cccc3c2[C@@H]2C[C@H](O)CCN2C3=O)nc2ccccc12. The number of ether oxygens (including phenoxy) is 1. The number of fused-ring (bicyclic) bond motifs is 4. The number of anilines is 2. The summed E-state index contributed by atoms with van der Waals surface area (Å²) in [5, 5.41) is 16.6. The number of pyridine rings is 1. The molecule has 5 rings (SSSR count). The molecule has 3 N–H and O–H groups in total. The number of nitrogens with zero attached hydrogens (tertiary/aromatic N) is 2. The molecule has 2 aromatic carbocycles. The Balaban J connectivity index is 1.42. The summed E-state index contributed by atoms with van der Waals surface area (Å²) in [7, 11) is 1.57. The van der Waals surface area contributed by atoms with E-state index in [0.717, 1.165) is 10.9 Å². The molecule has 2 aliphatic rings. The van der Waals surface area contributed by atoms with E-state index in [9.17, 15) is 14.7 Å². The summed E-state index contributed by atoms with van der Waals surface area (Å²) in [6.07, 6.45) is 0.563. The van der Waals surface area contributed by atoms with Crippen LogP contribution >= 0.6 is 0 Å². The van der Waals surface area contributed by atoms with Gasteiger partial charge in [0.1, 0.15) is 11.6 Å². The molecule has 1 fully saturated rings. The summed E-state index contributed by atoms with van der Waals surface area (Å²) >= 11 is 0. The molecule has 0 bridgehead atoms. The molecule has 1 aromatic heterocycles. The van der Waals surface area contributed by atoms with Gasteiger partial charge in [-0.15, -0.1) is 0 Å². The maximum atomic E-state index is 12.8. The van der Waals surface area contributed by atoms with Crippen LogP contribution in [0.5, 0.6) is 5.75 Å². The highest BCUT2D eigenvalue weighted by atomic mass is 16.5. The first-order valence-corrected chi connectivity index (χ1v) is 10.2. The normalized spacial score (nSPS) is 19.7. The van der Waals surface area contributed by atoms with Crippen molar-refractivity contribution in [2.45, 2.75) is 25.0 Å². The monoisotopic (exact) mass is 418 g/mol. The molecular weight excluding hydrogens is 396 g/mol. The van der Waals surface area contributed by atoms with Gasteiger partial charge in [0.05, 0.1) is 24.8 Å². The number of methoxy groups -OCH3 is 1. The van der Waals surface area contributed by atoms with E-state index in [1.54, 1.807) is 36.3 Å². The maximum Gasteiger partial charge on any atom is 0.324 e.